The molecule has 1 atom stereocenters. The fourth-order valence-electron chi connectivity index (χ4n) is 3.33. The topological polar surface area (TPSA) is 34.1 Å². The first-order valence-electron chi connectivity index (χ1n) is 8.75. The van der Waals surface area contributed by atoms with Crippen LogP contribution in [0.2, 0.25) is 12.1 Å². The molecular weight excluding hydrogens is 387 g/mol. The molecule has 0 amide bonds. The first-order valence-corrected chi connectivity index (χ1v) is 9.87. The molecule has 1 fully saturated rings. The van der Waals surface area contributed by atoms with E-state index in [1.807, 2.05) is 48.5 Å². The molecule has 1 aliphatic heterocycles. The lowest BCUT2D eigenvalue weighted by molar-refractivity contribution is 0.0984. The SMILES string of the molecule is O=C(CBr)c1ccc(-c2cccc3c(C(=O)CC4[B]C4)cccc23)cc1. The number of hydrogen-bond donors (Lipinski definition) is 0. The average Bonchev–Trinajstić information content (AvgIpc) is 3.50. The van der Waals surface area contributed by atoms with Gasteiger partial charge >= 0.3 is 0 Å². The van der Waals surface area contributed by atoms with E-state index in [4.69, 9.17) is 0 Å². The highest BCUT2D eigenvalue weighted by Gasteiger charge is 2.26. The Morgan fingerprint density at radius 1 is 0.923 bits per heavy atom. The Kier molecular flexibility index (Phi) is 4.77. The highest BCUT2D eigenvalue weighted by molar-refractivity contribution is 9.09. The minimum absolute atomic E-state index is 0.0687. The van der Waals surface area contributed by atoms with Gasteiger partial charge in [0.2, 0.25) is 0 Å². The zero-order chi connectivity index (χ0) is 18.1. The van der Waals surface area contributed by atoms with Crippen molar-refractivity contribution < 1.29 is 9.59 Å². The van der Waals surface area contributed by atoms with Crippen molar-refractivity contribution in [1.82, 2.24) is 0 Å². The summed E-state index contributed by atoms with van der Waals surface area (Å²) in [5.41, 5.74) is 3.62. The summed E-state index contributed by atoms with van der Waals surface area (Å²) in [6.07, 6.45) is 1.66. The second-order valence-electron chi connectivity index (χ2n) is 6.70. The van der Waals surface area contributed by atoms with Gasteiger partial charge in [0.05, 0.1) is 5.33 Å². The Bertz CT molecular complexity index is 991. The van der Waals surface area contributed by atoms with Crippen molar-refractivity contribution in [3.05, 3.63) is 71.8 Å². The molecule has 127 valence electrons. The minimum Gasteiger partial charge on any atom is -0.294 e. The van der Waals surface area contributed by atoms with Crippen molar-refractivity contribution in [2.75, 3.05) is 5.33 Å². The molecule has 0 N–H and O–H groups in total. The zero-order valence-electron chi connectivity index (χ0n) is 14.2. The molecule has 0 aromatic heterocycles. The Hall–Kier alpha value is -2.20. The van der Waals surface area contributed by atoms with Gasteiger partial charge in [-0.15, -0.1) is 0 Å². The number of alkyl halides is 1. The van der Waals surface area contributed by atoms with Gasteiger partial charge in [0.15, 0.2) is 11.6 Å². The van der Waals surface area contributed by atoms with Crippen LogP contribution in [0.5, 0.6) is 0 Å². The van der Waals surface area contributed by atoms with E-state index in [0.29, 0.717) is 23.1 Å². The predicted molar refractivity (Wildman–Crippen MR) is 111 cm³/mol. The van der Waals surface area contributed by atoms with E-state index in [-0.39, 0.29) is 11.6 Å². The van der Waals surface area contributed by atoms with Crippen LogP contribution in [-0.2, 0) is 0 Å². The first kappa shape index (κ1) is 17.2. The van der Waals surface area contributed by atoms with Crippen molar-refractivity contribution in [3.63, 3.8) is 0 Å². The highest BCUT2D eigenvalue weighted by Crippen LogP contribution is 2.35. The summed E-state index contributed by atoms with van der Waals surface area (Å²) in [6.45, 7) is 0. The Labute approximate surface area is 162 Å². The van der Waals surface area contributed by atoms with E-state index in [1.54, 1.807) is 0 Å². The van der Waals surface area contributed by atoms with Gasteiger partial charge in [0.25, 0.3) is 0 Å². The van der Waals surface area contributed by atoms with E-state index in [2.05, 4.69) is 35.3 Å². The van der Waals surface area contributed by atoms with Gasteiger partial charge in [-0.1, -0.05) is 88.7 Å². The van der Waals surface area contributed by atoms with Gasteiger partial charge in [-0.2, -0.15) is 0 Å². The maximum atomic E-state index is 12.6. The van der Waals surface area contributed by atoms with Crippen LogP contribution >= 0.6 is 15.9 Å². The summed E-state index contributed by atoms with van der Waals surface area (Å²) in [7, 11) is 2.18. The summed E-state index contributed by atoms with van der Waals surface area (Å²) < 4.78 is 0. The van der Waals surface area contributed by atoms with Crippen LogP contribution in [0, 0.1) is 0 Å². The molecule has 0 saturated carbocycles. The first-order chi connectivity index (χ1) is 12.7. The maximum absolute atomic E-state index is 12.6. The lowest BCUT2D eigenvalue weighted by Crippen LogP contribution is -2.00. The third kappa shape index (κ3) is 3.38. The molecule has 0 bridgehead atoms. The van der Waals surface area contributed by atoms with Crippen LogP contribution < -0.4 is 0 Å². The van der Waals surface area contributed by atoms with Crippen LogP contribution in [0.15, 0.2) is 60.7 Å². The largest absolute Gasteiger partial charge is 0.294 e. The van der Waals surface area contributed by atoms with Crippen molar-refractivity contribution in [3.8, 4) is 11.1 Å². The molecule has 2 nitrogen and oxygen atoms in total. The quantitative estimate of drug-likeness (QED) is 0.305. The van der Waals surface area contributed by atoms with E-state index in [0.717, 1.165) is 33.8 Å². The second-order valence-corrected chi connectivity index (χ2v) is 7.26. The van der Waals surface area contributed by atoms with E-state index in [9.17, 15) is 9.59 Å². The summed E-state index contributed by atoms with van der Waals surface area (Å²) >= 11 is 3.21. The number of Topliss-reactive ketones (excluding diaryl/α,β-unsaturated/α-hetero) is 2. The molecule has 3 aromatic rings. The number of halogens is 1. The van der Waals surface area contributed by atoms with Crippen molar-refractivity contribution >= 4 is 45.5 Å². The van der Waals surface area contributed by atoms with Crippen molar-refractivity contribution in [2.24, 2.45) is 0 Å². The molecule has 26 heavy (non-hydrogen) atoms. The van der Waals surface area contributed by atoms with Crippen molar-refractivity contribution in [1.29, 1.82) is 0 Å². The molecule has 3 aromatic carbocycles. The molecule has 4 heteroatoms. The average molecular weight is 404 g/mol. The molecule has 0 spiro atoms. The number of hydrogen-bond acceptors (Lipinski definition) is 2. The van der Waals surface area contributed by atoms with Crippen LogP contribution in [0.3, 0.4) is 0 Å². The lowest BCUT2D eigenvalue weighted by atomic mass is 9.91. The number of benzene rings is 3. The second kappa shape index (κ2) is 7.20. The molecule has 0 aliphatic carbocycles. The number of rotatable bonds is 6. The summed E-state index contributed by atoms with van der Waals surface area (Å²) in [5, 5.41) is 2.39. The van der Waals surface area contributed by atoms with Gasteiger partial charge in [-0.25, -0.2) is 0 Å². The van der Waals surface area contributed by atoms with Crippen LogP contribution in [-0.4, -0.2) is 24.2 Å². The minimum atomic E-state index is 0.0687. The molecule has 1 heterocycles. The Morgan fingerprint density at radius 2 is 1.62 bits per heavy atom. The Balaban J connectivity index is 1.76. The smallest absolute Gasteiger partial charge is 0.173 e. The van der Waals surface area contributed by atoms with E-state index in [1.165, 1.54) is 0 Å². The van der Waals surface area contributed by atoms with Gasteiger partial charge in [0.1, 0.15) is 7.28 Å². The molecule has 1 unspecified atom stereocenters. The number of fused-ring (bicyclic) bond motifs is 1. The van der Waals surface area contributed by atoms with Gasteiger partial charge in [-0.05, 0) is 21.9 Å². The summed E-state index contributed by atoms with van der Waals surface area (Å²) in [5.74, 6) is 0.740. The molecule has 4 rings (SSSR count). The molecular formula is C22H17BBrO2. The normalized spacial score (nSPS) is 15.5. The highest BCUT2D eigenvalue weighted by atomic mass is 79.9. The van der Waals surface area contributed by atoms with Crippen LogP contribution in [0.25, 0.3) is 21.9 Å². The lowest BCUT2D eigenvalue weighted by Gasteiger charge is -2.11. The van der Waals surface area contributed by atoms with Crippen LogP contribution in [0.1, 0.15) is 27.1 Å². The molecule has 1 radical (unpaired) electrons. The number of ketones is 2. The maximum Gasteiger partial charge on any atom is 0.173 e. The van der Waals surface area contributed by atoms with Gasteiger partial charge in [0, 0.05) is 17.5 Å². The zero-order valence-corrected chi connectivity index (χ0v) is 15.8. The predicted octanol–water partition coefficient (Wildman–Crippen LogP) is 5.58. The standard InChI is InChI=1S/C22H17BBrO2/c24-13-22(26)15-9-7-14(8-10-15)17-3-1-5-19-18(17)4-2-6-20(19)21(25)11-16-12-23-16/h1-10,16H,11-13H2. The summed E-state index contributed by atoms with van der Waals surface area (Å²) in [4.78, 5) is 24.4. The third-order valence-electron chi connectivity index (χ3n) is 4.88. The fraction of sp³-hybridized carbons (Fsp3) is 0.182. The third-order valence-corrected chi connectivity index (χ3v) is 5.39. The summed E-state index contributed by atoms with van der Waals surface area (Å²) in [6, 6.07) is 19.7. The molecule has 1 saturated heterocycles. The monoisotopic (exact) mass is 403 g/mol. The van der Waals surface area contributed by atoms with Gasteiger partial charge in [-0.3, -0.25) is 9.59 Å². The Morgan fingerprint density at radius 3 is 2.31 bits per heavy atom. The molecule has 1 aliphatic rings. The fourth-order valence-corrected chi connectivity index (χ4v) is 3.65. The van der Waals surface area contributed by atoms with Gasteiger partial charge < -0.3 is 0 Å². The van der Waals surface area contributed by atoms with Crippen molar-refractivity contribution in [2.45, 2.75) is 18.6 Å². The van der Waals surface area contributed by atoms with E-state index >= 15 is 0 Å². The number of carbonyl (C=O) groups excluding carboxylic acids is 2. The number of carbonyl (C=O) groups is 2. The van der Waals surface area contributed by atoms with E-state index < -0.39 is 0 Å². The van der Waals surface area contributed by atoms with Crippen LogP contribution in [0.4, 0.5) is 0 Å².